The highest BCUT2D eigenvalue weighted by Gasteiger charge is 2.19. The largest absolute Gasteiger partial charge is 0.387 e. The molecule has 1 rings (SSSR count). The molecular weight excluding hydrogens is 234 g/mol. The highest BCUT2D eigenvalue weighted by molar-refractivity contribution is 5.84. The smallest absolute Gasteiger partial charge is 0.0995 e. The molecule has 0 fully saturated rings. The molecule has 3 N–H and O–H groups in total. The van der Waals surface area contributed by atoms with Gasteiger partial charge in [0.25, 0.3) is 0 Å². The number of likely N-dealkylation sites (N-methyl/N-ethyl adjacent to an activating group) is 1. The van der Waals surface area contributed by atoms with E-state index in [4.69, 9.17) is 11.1 Å². The molecule has 2 unspecified atom stereocenters. The summed E-state index contributed by atoms with van der Waals surface area (Å²) in [5.74, 6) is 0.947. The zero-order chi connectivity index (χ0) is 14.3. The molecular formula is C16H27N3. The Labute approximate surface area is 117 Å². The van der Waals surface area contributed by atoms with Crippen LogP contribution in [0, 0.1) is 11.3 Å². The lowest BCUT2D eigenvalue weighted by atomic mass is 9.96. The van der Waals surface area contributed by atoms with Crippen molar-refractivity contribution in [1.29, 1.82) is 5.41 Å². The number of nitrogens with one attached hydrogen (secondary N) is 1. The minimum absolute atomic E-state index is 0.00482. The van der Waals surface area contributed by atoms with Gasteiger partial charge in [-0.2, -0.15) is 0 Å². The van der Waals surface area contributed by atoms with Crippen molar-refractivity contribution in [2.75, 3.05) is 19.6 Å². The van der Waals surface area contributed by atoms with Gasteiger partial charge in [-0.1, -0.05) is 57.5 Å². The molecule has 3 nitrogen and oxygen atoms in total. The van der Waals surface area contributed by atoms with Crippen molar-refractivity contribution in [1.82, 2.24) is 4.90 Å². The third-order valence-electron chi connectivity index (χ3n) is 3.73. The molecule has 1 aromatic rings. The quantitative estimate of drug-likeness (QED) is 0.558. The number of hydrogen-bond donors (Lipinski definition) is 2. The van der Waals surface area contributed by atoms with E-state index >= 15 is 0 Å². The average molecular weight is 261 g/mol. The first-order chi connectivity index (χ1) is 9.08. The van der Waals surface area contributed by atoms with Gasteiger partial charge in [0.15, 0.2) is 0 Å². The van der Waals surface area contributed by atoms with E-state index in [9.17, 15) is 0 Å². The fourth-order valence-corrected chi connectivity index (χ4v) is 2.23. The van der Waals surface area contributed by atoms with Crippen LogP contribution >= 0.6 is 0 Å². The molecule has 3 heteroatoms. The van der Waals surface area contributed by atoms with Crippen molar-refractivity contribution in [3.8, 4) is 0 Å². The minimum atomic E-state index is 0.00482. The van der Waals surface area contributed by atoms with Gasteiger partial charge in [0.05, 0.1) is 11.8 Å². The second-order valence-electron chi connectivity index (χ2n) is 5.28. The van der Waals surface area contributed by atoms with Crippen LogP contribution in [0.4, 0.5) is 0 Å². The molecule has 0 heterocycles. The highest BCUT2D eigenvalue weighted by atomic mass is 15.1. The summed E-state index contributed by atoms with van der Waals surface area (Å²) in [7, 11) is 0. The molecule has 0 aliphatic heterocycles. The van der Waals surface area contributed by atoms with Crippen molar-refractivity contribution in [3.05, 3.63) is 35.9 Å². The van der Waals surface area contributed by atoms with E-state index in [1.807, 2.05) is 18.2 Å². The van der Waals surface area contributed by atoms with Crippen molar-refractivity contribution < 1.29 is 0 Å². The third kappa shape index (κ3) is 5.03. The van der Waals surface area contributed by atoms with E-state index in [1.54, 1.807) is 0 Å². The van der Waals surface area contributed by atoms with E-state index in [0.717, 1.165) is 25.2 Å². The maximum atomic E-state index is 7.84. The van der Waals surface area contributed by atoms with E-state index in [1.165, 1.54) is 6.42 Å². The molecule has 0 saturated heterocycles. The van der Waals surface area contributed by atoms with Crippen molar-refractivity contribution in [3.63, 3.8) is 0 Å². The molecule has 2 atom stereocenters. The lowest BCUT2D eigenvalue weighted by Crippen LogP contribution is -2.36. The number of rotatable bonds is 8. The standard InChI is InChI=1S/C16H27N3/c1-4-13(3)11-19(5-2)12-15(16(17)18)14-9-7-6-8-10-14/h6-10,13,15H,4-5,11-12H2,1-3H3,(H3,17,18). The van der Waals surface area contributed by atoms with Crippen molar-refractivity contribution in [2.24, 2.45) is 11.7 Å². The van der Waals surface area contributed by atoms with E-state index in [0.29, 0.717) is 5.92 Å². The summed E-state index contributed by atoms with van der Waals surface area (Å²) in [4.78, 5) is 2.40. The van der Waals surface area contributed by atoms with Gasteiger partial charge in [-0.25, -0.2) is 0 Å². The Hall–Kier alpha value is -1.35. The first-order valence-corrected chi connectivity index (χ1v) is 7.19. The van der Waals surface area contributed by atoms with Crippen LogP contribution in [0.5, 0.6) is 0 Å². The zero-order valence-electron chi connectivity index (χ0n) is 12.4. The van der Waals surface area contributed by atoms with E-state index < -0.39 is 0 Å². The number of hydrogen-bond acceptors (Lipinski definition) is 2. The summed E-state index contributed by atoms with van der Waals surface area (Å²) in [6.07, 6.45) is 1.19. The Kier molecular flexibility index (Phi) is 6.57. The molecule has 0 aromatic heterocycles. The molecule has 0 aliphatic carbocycles. The van der Waals surface area contributed by atoms with Gasteiger partial charge in [-0.3, -0.25) is 5.41 Å². The van der Waals surface area contributed by atoms with Gasteiger partial charge in [0, 0.05) is 13.1 Å². The van der Waals surface area contributed by atoms with Crippen LogP contribution in [-0.2, 0) is 0 Å². The second kappa shape index (κ2) is 7.95. The fraction of sp³-hybridized carbons (Fsp3) is 0.562. The van der Waals surface area contributed by atoms with Crippen LogP contribution in [0.25, 0.3) is 0 Å². The second-order valence-corrected chi connectivity index (χ2v) is 5.28. The lowest BCUT2D eigenvalue weighted by Gasteiger charge is -2.28. The molecule has 0 spiro atoms. The average Bonchev–Trinajstić information content (AvgIpc) is 2.43. The normalized spacial score (nSPS) is 14.3. The number of nitrogens with zero attached hydrogens (tertiary/aromatic N) is 1. The molecule has 0 radical (unpaired) electrons. The maximum absolute atomic E-state index is 7.84. The maximum Gasteiger partial charge on any atom is 0.0995 e. The van der Waals surface area contributed by atoms with Crippen LogP contribution in [0.1, 0.15) is 38.7 Å². The first kappa shape index (κ1) is 15.7. The third-order valence-corrected chi connectivity index (χ3v) is 3.73. The monoisotopic (exact) mass is 261 g/mol. The SMILES string of the molecule is CCC(C)CN(CC)CC(C(=N)N)c1ccccc1. The van der Waals surface area contributed by atoms with Crippen LogP contribution in [-0.4, -0.2) is 30.4 Å². The van der Waals surface area contributed by atoms with Gasteiger partial charge in [-0.05, 0) is 18.0 Å². The summed E-state index contributed by atoms with van der Waals surface area (Å²) in [6.45, 7) is 9.57. The van der Waals surface area contributed by atoms with Gasteiger partial charge in [0.2, 0.25) is 0 Å². The number of nitrogens with two attached hydrogens (primary N) is 1. The van der Waals surface area contributed by atoms with Crippen molar-refractivity contribution in [2.45, 2.75) is 33.1 Å². The topological polar surface area (TPSA) is 53.1 Å². The molecule has 0 amide bonds. The Balaban J connectivity index is 2.75. The summed E-state index contributed by atoms with van der Waals surface area (Å²) in [6, 6.07) is 10.1. The van der Waals surface area contributed by atoms with Crippen LogP contribution in [0.15, 0.2) is 30.3 Å². The number of benzene rings is 1. The summed E-state index contributed by atoms with van der Waals surface area (Å²) >= 11 is 0. The molecule has 0 bridgehead atoms. The van der Waals surface area contributed by atoms with Gasteiger partial charge >= 0.3 is 0 Å². The predicted molar refractivity (Wildman–Crippen MR) is 82.7 cm³/mol. The van der Waals surface area contributed by atoms with Gasteiger partial charge in [0.1, 0.15) is 0 Å². The fourth-order valence-electron chi connectivity index (χ4n) is 2.23. The van der Waals surface area contributed by atoms with Crippen LogP contribution in [0.3, 0.4) is 0 Å². The molecule has 1 aromatic carbocycles. The Morgan fingerprint density at radius 2 is 1.84 bits per heavy atom. The van der Waals surface area contributed by atoms with Gasteiger partial charge < -0.3 is 10.6 Å². The van der Waals surface area contributed by atoms with E-state index in [2.05, 4.69) is 37.8 Å². The summed E-state index contributed by atoms with van der Waals surface area (Å²) in [5.41, 5.74) is 6.93. The zero-order valence-corrected chi connectivity index (χ0v) is 12.4. The lowest BCUT2D eigenvalue weighted by molar-refractivity contribution is 0.243. The van der Waals surface area contributed by atoms with Crippen LogP contribution in [0.2, 0.25) is 0 Å². The van der Waals surface area contributed by atoms with E-state index in [-0.39, 0.29) is 11.8 Å². The van der Waals surface area contributed by atoms with Gasteiger partial charge in [-0.15, -0.1) is 0 Å². The highest BCUT2D eigenvalue weighted by Crippen LogP contribution is 2.18. The Morgan fingerprint density at radius 1 is 1.21 bits per heavy atom. The molecule has 0 aliphatic rings. The summed E-state index contributed by atoms with van der Waals surface area (Å²) < 4.78 is 0. The van der Waals surface area contributed by atoms with Crippen molar-refractivity contribution >= 4 is 5.84 Å². The molecule has 19 heavy (non-hydrogen) atoms. The first-order valence-electron chi connectivity index (χ1n) is 7.19. The molecule has 106 valence electrons. The Morgan fingerprint density at radius 3 is 2.32 bits per heavy atom. The summed E-state index contributed by atoms with van der Waals surface area (Å²) in [5, 5.41) is 7.84. The Bertz CT molecular complexity index is 375. The number of amidine groups is 1. The molecule has 0 saturated carbocycles. The van der Waals surface area contributed by atoms with Crippen LogP contribution < -0.4 is 5.73 Å². The predicted octanol–water partition coefficient (Wildman–Crippen LogP) is 3.07. The minimum Gasteiger partial charge on any atom is -0.387 e.